The van der Waals surface area contributed by atoms with Crippen molar-refractivity contribution in [3.63, 3.8) is 0 Å². The van der Waals surface area contributed by atoms with Gasteiger partial charge in [-0.25, -0.2) is 4.39 Å². The molecule has 160 valence electrons. The van der Waals surface area contributed by atoms with Crippen LogP contribution in [0.2, 0.25) is 5.02 Å². The van der Waals surface area contributed by atoms with E-state index in [1.165, 1.54) is 18.2 Å². The van der Waals surface area contributed by atoms with Crippen LogP contribution in [0.5, 0.6) is 5.88 Å². The molecule has 11 heteroatoms. The summed E-state index contributed by atoms with van der Waals surface area (Å²) in [6.07, 6.45) is -0.128. The standard InChI is InChI=1S/C19H15Cl2F4N3O2/c1-3-4-5-13(20)11(2)28-18(9-16(27-28)19(23,24)25)30-10-17(29)26-12-6-7-15(22)14(21)8-12/h3-9H,2,10H2,1H3,(H,26,29)/b4-3-,13-5+. The Morgan fingerprint density at radius 3 is 2.67 bits per heavy atom. The fourth-order valence-corrected chi connectivity index (χ4v) is 2.42. The molecule has 1 aromatic heterocycles. The number of benzene rings is 1. The van der Waals surface area contributed by atoms with Crippen LogP contribution in [0.3, 0.4) is 0 Å². The number of nitrogens with one attached hydrogen (secondary N) is 1. The topological polar surface area (TPSA) is 56.2 Å². The molecule has 0 saturated carbocycles. The van der Waals surface area contributed by atoms with Crippen molar-refractivity contribution in [2.24, 2.45) is 0 Å². The number of carbonyl (C=O) groups excluding carboxylic acids is 1. The van der Waals surface area contributed by atoms with E-state index in [4.69, 9.17) is 27.9 Å². The van der Waals surface area contributed by atoms with Gasteiger partial charge in [0.1, 0.15) is 5.82 Å². The van der Waals surface area contributed by atoms with Gasteiger partial charge in [-0.3, -0.25) is 4.79 Å². The number of hydrogen-bond acceptors (Lipinski definition) is 3. The van der Waals surface area contributed by atoms with Gasteiger partial charge in [0.25, 0.3) is 5.91 Å². The zero-order valence-corrected chi connectivity index (χ0v) is 16.9. The Labute approximate surface area is 179 Å². The minimum absolute atomic E-state index is 0.0141. The summed E-state index contributed by atoms with van der Waals surface area (Å²) >= 11 is 11.7. The molecule has 0 saturated heterocycles. The van der Waals surface area contributed by atoms with E-state index in [2.05, 4.69) is 17.0 Å². The Morgan fingerprint density at radius 2 is 2.07 bits per heavy atom. The Kier molecular flexibility index (Phi) is 7.69. The lowest BCUT2D eigenvalue weighted by atomic mass is 10.3. The van der Waals surface area contributed by atoms with Crippen LogP contribution in [-0.4, -0.2) is 22.3 Å². The predicted octanol–water partition coefficient (Wildman–Crippen LogP) is 5.88. The quantitative estimate of drug-likeness (QED) is 0.411. The van der Waals surface area contributed by atoms with Crippen LogP contribution in [0, 0.1) is 5.82 Å². The first kappa shape index (κ1) is 23.5. The Bertz CT molecular complexity index is 1010. The van der Waals surface area contributed by atoms with E-state index in [0.29, 0.717) is 6.07 Å². The first-order valence-corrected chi connectivity index (χ1v) is 9.01. The fourth-order valence-electron chi connectivity index (χ4n) is 2.09. The van der Waals surface area contributed by atoms with Gasteiger partial charge >= 0.3 is 6.18 Å². The molecule has 0 spiro atoms. The zero-order valence-electron chi connectivity index (χ0n) is 15.4. The molecular formula is C19H15Cl2F4N3O2. The zero-order chi connectivity index (χ0) is 22.5. The molecule has 1 N–H and O–H groups in total. The van der Waals surface area contributed by atoms with Crippen LogP contribution in [0.1, 0.15) is 12.6 Å². The second-order valence-electron chi connectivity index (χ2n) is 5.73. The number of amides is 1. The van der Waals surface area contributed by atoms with Crippen molar-refractivity contribution in [2.75, 3.05) is 11.9 Å². The van der Waals surface area contributed by atoms with Gasteiger partial charge in [-0.05, 0) is 31.2 Å². The molecule has 1 aromatic carbocycles. The lowest BCUT2D eigenvalue weighted by molar-refractivity contribution is -0.141. The van der Waals surface area contributed by atoms with Crippen molar-refractivity contribution in [3.05, 3.63) is 70.6 Å². The van der Waals surface area contributed by atoms with E-state index in [1.54, 1.807) is 19.1 Å². The second-order valence-corrected chi connectivity index (χ2v) is 6.54. The number of nitrogens with zero attached hydrogens (tertiary/aromatic N) is 2. The first-order valence-electron chi connectivity index (χ1n) is 8.26. The van der Waals surface area contributed by atoms with E-state index in [-0.39, 0.29) is 21.4 Å². The summed E-state index contributed by atoms with van der Waals surface area (Å²) in [5.74, 6) is -1.79. The van der Waals surface area contributed by atoms with E-state index < -0.39 is 36.1 Å². The SMILES string of the molecule is C=C(/C(Cl)=C\C=C/C)n1nc(C(F)(F)F)cc1OCC(=O)Nc1ccc(F)c(Cl)c1. The van der Waals surface area contributed by atoms with E-state index in [9.17, 15) is 22.4 Å². The van der Waals surface area contributed by atoms with Gasteiger partial charge in [-0.2, -0.15) is 23.0 Å². The van der Waals surface area contributed by atoms with E-state index in [1.807, 2.05) is 0 Å². The van der Waals surface area contributed by atoms with Crippen molar-refractivity contribution in [1.82, 2.24) is 9.78 Å². The summed E-state index contributed by atoms with van der Waals surface area (Å²) in [6.45, 7) is 4.67. The largest absolute Gasteiger partial charge is 0.467 e. The highest BCUT2D eigenvalue weighted by molar-refractivity contribution is 6.35. The van der Waals surface area contributed by atoms with Crippen LogP contribution in [-0.2, 0) is 11.0 Å². The Balaban J connectivity index is 2.20. The van der Waals surface area contributed by atoms with Crippen LogP contribution in [0.4, 0.5) is 23.2 Å². The van der Waals surface area contributed by atoms with Gasteiger partial charge in [-0.1, -0.05) is 41.9 Å². The molecule has 5 nitrogen and oxygen atoms in total. The lowest BCUT2D eigenvalue weighted by Gasteiger charge is -2.11. The molecule has 1 amide bonds. The predicted molar refractivity (Wildman–Crippen MR) is 107 cm³/mol. The first-order chi connectivity index (χ1) is 14.0. The van der Waals surface area contributed by atoms with Crippen molar-refractivity contribution in [1.29, 1.82) is 0 Å². The van der Waals surface area contributed by atoms with Gasteiger partial charge in [0.05, 0.1) is 15.8 Å². The van der Waals surface area contributed by atoms with Crippen LogP contribution < -0.4 is 10.1 Å². The summed E-state index contributed by atoms with van der Waals surface area (Å²) < 4.78 is 58.3. The van der Waals surface area contributed by atoms with Gasteiger partial charge in [0.2, 0.25) is 5.88 Å². The van der Waals surface area contributed by atoms with Crippen molar-refractivity contribution < 1.29 is 27.1 Å². The number of ether oxygens (including phenoxy) is 1. The minimum atomic E-state index is -4.75. The fraction of sp³-hybridized carbons (Fsp3) is 0.158. The highest BCUT2D eigenvalue weighted by atomic mass is 35.5. The van der Waals surface area contributed by atoms with Crippen molar-refractivity contribution >= 4 is 40.5 Å². The highest BCUT2D eigenvalue weighted by Crippen LogP contribution is 2.33. The molecular weight excluding hydrogens is 449 g/mol. The number of halogens is 6. The minimum Gasteiger partial charge on any atom is -0.467 e. The van der Waals surface area contributed by atoms with Crippen molar-refractivity contribution in [2.45, 2.75) is 13.1 Å². The molecule has 0 radical (unpaired) electrons. The molecule has 1 heterocycles. The number of anilines is 1. The summed E-state index contributed by atoms with van der Waals surface area (Å²) in [6, 6.07) is 4.10. The number of rotatable bonds is 7. The average Bonchev–Trinajstić information content (AvgIpc) is 3.11. The number of allylic oxidation sites excluding steroid dienone is 5. The molecule has 2 rings (SSSR count). The maximum atomic E-state index is 13.2. The van der Waals surface area contributed by atoms with Crippen LogP contribution >= 0.6 is 23.2 Å². The molecule has 0 aliphatic carbocycles. The number of aromatic nitrogens is 2. The normalized spacial score (nSPS) is 12.3. The number of carbonyl (C=O) groups is 1. The molecule has 2 aromatic rings. The van der Waals surface area contributed by atoms with E-state index >= 15 is 0 Å². The maximum absolute atomic E-state index is 13.2. The third-order valence-corrected chi connectivity index (χ3v) is 4.12. The Hall–Kier alpha value is -2.78. The molecule has 30 heavy (non-hydrogen) atoms. The summed E-state index contributed by atoms with van der Waals surface area (Å²) in [7, 11) is 0. The highest BCUT2D eigenvalue weighted by Gasteiger charge is 2.36. The smallest absolute Gasteiger partial charge is 0.435 e. The third-order valence-electron chi connectivity index (χ3n) is 3.49. The summed E-state index contributed by atoms with van der Waals surface area (Å²) in [4.78, 5) is 12.0. The number of hydrogen-bond donors (Lipinski definition) is 1. The second kappa shape index (κ2) is 9.82. The van der Waals surface area contributed by atoms with E-state index in [0.717, 1.165) is 10.7 Å². The maximum Gasteiger partial charge on any atom is 0.435 e. The molecule has 0 aliphatic rings. The molecule has 0 atom stereocenters. The van der Waals surface area contributed by atoms with Crippen LogP contribution in [0.15, 0.2) is 54.1 Å². The van der Waals surface area contributed by atoms with Crippen molar-refractivity contribution in [3.8, 4) is 5.88 Å². The molecule has 0 fully saturated rings. The van der Waals surface area contributed by atoms with Gasteiger partial charge in [0.15, 0.2) is 12.3 Å². The Morgan fingerprint density at radius 1 is 1.37 bits per heavy atom. The molecule has 0 bridgehead atoms. The molecule has 0 aliphatic heterocycles. The lowest BCUT2D eigenvalue weighted by Crippen LogP contribution is -2.21. The van der Waals surface area contributed by atoms with Crippen LogP contribution in [0.25, 0.3) is 5.70 Å². The molecule has 0 unspecified atom stereocenters. The summed E-state index contributed by atoms with van der Waals surface area (Å²) in [5, 5.41) is 5.61. The average molecular weight is 464 g/mol. The van der Waals surface area contributed by atoms with Gasteiger partial charge in [-0.15, -0.1) is 0 Å². The summed E-state index contributed by atoms with van der Waals surface area (Å²) in [5.41, 5.74) is -1.16. The van der Waals surface area contributed by atoms with Gasteiger partial charge < -0.3 is 10.1 Å². The van der Waals surface area contributed by atoms with Gasteiger partial charge in [0, 0.05) is 11.8 Å². The third kappa shape index (κ3) is 6.11. The monoisotopic (exact) mass is 463 g/mol. The number of alkyl halides is 3.